The van der Waals surface area contributed by atoms with E-state index in [-0.39, 0.29) is 23.3 Å². The van der Waals surface area contributed by atoms with E-state index in [1.54, 1.807) is 52.7 Å². The number of phenolic OH excluding ortho intramolecular Hbond substituents is 2. The first-order valence-electron chi connectivity index (χ1n) is 17.6. The summed E-state index contributed by atoms with van der Waals surface area (Å²) in [6, 6.07) is 18.2. The molecule has 54 heavy (non-hydrogen) atoms. The summed E-state index contributed by atoms with van der Waals surface area (Å²) >= 11 is 0. The minimum absolute atomic E-state index is 0.0525. The van der Waals surface area contributed by atoms with Crippen molar-refractivity contribution in [3.05, 3.63) is 94.0 Å². The minimum Gasteiger partial charge on any atom is -0.504 e. The molecular weight excluding hydrogens is 688 g/mol. The van der Waals surface area contributed by atoms with Gasteiger partial charge in [-0.2, -0.15) is 10.2 Å². The van der Waals surface area contributed by atoms with Gasteiger partial charge in [-0.3, -0.25) is 0 Å². The van der Waals surface area contributed by atoms with Crippen LogP contribution >= 0.6 is 0 Å². The fraction of sp³-hybridized carbons (Fsp3) is 0.333. The van der Waals surface area contributed by atoms with Crippen molar-refractivity contribution < 1.29 is 38.6 Å². The third-order valence-corrected chi connectivity index (χ3v) is 9.72. The Balaban J connectivity index is 0.000000208. The van der Waals surface area contributed by atoms with Crippen LogP contribution < -0.4 is 28.4 Å². The number of ether oxygens (including phenoxy) is 6. The molecule has 0 amide bonds. The number of nitrogens with zero attached hydrogens (tertiary/aromatic N) is 4. The lowest BCUT2D eigenvalue weighted by molar-refractivity contribution is 0.354. The van der Waals surface area contributed by atoms with Crippen LogP contribution in [0.3, 0.4) is 0 Å². The first kappa shape index (κ1) is 39.2. The first-order chi connectivity index (χ1) is 26.1. The summed E-state index contributed by atoms with van der Waals surface area (Å²) in [4.78, 5) is 0. The highest BCUT2D eigenvalue weighted by Crippen LogP contribution is 2.41. The first-order valence-corrected chi connectivity index (χ1v) is 17.6. The molecule has 2 N–H and O–H groups in total. The molecule has 0 aromatic heterocycles. The number of fused-ring (bicyclic) bond motifs is 2. The quantitative estimate of drug-likeness (QED) is 0.166. The lowest BCUT2D eigenvalue weighted by Crippen LogP contribution is -2.12. The van der Waals surface area contributed by atoms with E-state index in [0.29, 0.717) is 45.9 Å². The maximum absolute atomic E-state index is 10.2. The van der Waals surface area contributed by atoms with Gasteiger partial charge in [-0.25, -0.2) is 0 Å². The van der Waals surface area contributed by atoms with E-state index in [2.05, 4.69) is 34.3 Å². The van der Waals surface area contributed by atoms with Crippen LogP contribution in [0.25, 0.3) is 0 Å². The Hall–Kier alpha value is -6.04. The molecule has 4 aromatic carbocycles. The summed E-state index contributed by atoms with van der Waals surface area (Å²) < 4.78 is 32.3. The SMILES string of the molecule is CCC1C(C)=NN=C(c2ccc(OC)c(O)c2)c2cc(OC)c(OC)cc21.CCC1C(C)=NN=C(c2ccc(OC)c(O)c2)c2cc(OC)c(OC)cc21. The van der Waals surface area contributed by atoms with Crippen molar-refractivity contribution >= 4 is 22.8 Å². The van der Waals surface area contributed by atoms with Crippen LogP contribution in [0.4, 0.5) is 0 Å². The van der Waals surface area contributed by atoms with E-state index in [1.807, 2.05) is 50.2 Å². The predicted octanol–water partition coefficient (Wildman–Crippen LogP) is 8.28. The fourth-order valence-electron chi connectivity index (χ4n) is 6.86. The van der Waals surface area contributed by atoms with Gasteiger partial charge < -0.3 is 38.6 Å². The highest BCUT2D eigenvalue weighted by atomic mass is 16.5. The number of phenols is 2. The second-order valence-electron chi connectivity index (χ2n) is 12.7. The minimum atomic E-state index is 0.0525. The highest BCUT2D eigenvalue weighted by Gasteiger charge is 2.28. The average molecular weight is 737 g/mol. The molecule has 12 nitrogen and oxygen atoms in total. The normalized spacial score (nSPS) is 16.0. The zero-order valence-corrected chi connectivity index (χ0v) is 32.5. The molecule has 284 valence electrons. The molecule has 12 heteroatoms. The van der Waals surface area contributed by atoms with Crippen LogP contribution in [-0.4, -0.2) is 75.7 Å². The van der Waals surface area contributed by atoms with E-state index in [1.165, 1.54) is 14.2 Å². The summed E-state index contributed by atoms with van der Waals surface area (Å²) in [5.41, 5.74) is 8.64. The summed E-state index contributed by atoms with van der Waals surface area (Å²) in [6.45, 7) is 8.20. The summed E-state index contributed by atoms with van der Waals surface area (Å²) in [5, 5.41) is 38.3. The van der Waals surface area contributed by atoms with Crippen molar-refractivity contribution in [3.8, 4) is 46.0 Å². The maximum Gasteiger partial charge on any atom is 0.161 e. The van der Waals surface area contributed by atoms with Gasteiger partial charge >= 0.3 is 0 Å². The summed E-state index contributed by atoms with van der Waals surface area (Å²) in [7, 11) is 9.50. The molecule has 2 aliphatic heterocycles. The third-order valence-electron chi connectivity index (χ3n) is 9.72. The molecule has 2 aliphatic rings. The number of benzene rings is 4. The van der Waals surface area contributed by atoms with Gasteiger partial charge in [-0.15, -0.1) is 10.2 Å². The van der Waals surface area contributed by atoms with E-state index >= 15 is 0 Å². The van der Waals surface area contributed by atoms with Gasteiger partial charge in [0.2, 0.25) is 0 Å². The van der Waals surface area contributed by atoms with Crippen molar-refractivity contribution in [1.82, 2.24) is 0 Å². The van der Waals surface area contributed by atoms with Crippen LogP contribution in [0.2, 0.25) is 0 Å². The number of hydrogen-bond acceptors (Lipinski definition) is 12. The van der Waals surface area contributed by atoms with Crippen molar-refractivity contribution in [2.45, 2.75) is 52.4 Å². The van der Waals surface area contributed by atoms with Gasteiger partial charge in [0.15, 0.2) is 46.0 Å². The molecule has 0 bridgehead atoms. The average Bonchev–Trinajstić information content (AvgIpc) is 3.41. The Morgan fingerprint density at radius 1 is 0.463 bits per heavy atom. The number of rotatable bonds is 10. The van der Waals surface area contributed by atoms with Gasteiger partial charge in [-0.05, 0) is 98.5 Å². The van der Waals surface area contributed by atoms with Crippen LogP contribution in [0.15, 0.2) is 81.1 Å². The molecule has 6 rings (SSSR count). The van der Waals surface area contributed by atoms with Crippen LogP contribution in [0.5, 0.6) is 46.0 Å². The number of methoxy groups -OCH3 is 6. The van der Waals surface area contributed by atoms with E-state index in [9.17, 15) is 10.2 Å². The molecular formula is C42H48N4O8. The second kappa shape index (κ2) is 17.2. The van der Waals surface area contributed by atoms with Crippen LogP contribution in [0.1, 0.15) is 85.8 Å². The van der Waals surface area contributed by atoms with E-state index < -0.39 is 0 Å². The van der Waals surface area contributed by atoms with Gasteiger partial charge in [0.05, 0.1) is 42.7 Å². The van der Waals surface area contributed by atoms with Gasteiger partial charge in [-0.1, -0.05) is 13.8 Å². The smallest absolute Gasteiger partial charge is 0.161 e. The zero-order chi connectivity index (χ0) is 39.1. The van der Waals surface area contributed by atoms with Gasteiger partial charge in [0.1, 0.15) is 11.4 Å². The van der Waals surface area contributed by atoms with Crippen LogP contribution in [0, 0.1) is 0 Å². The maximum atomic E-state index is 10.2. The molecule has 0 fully saturated rings. The highest BCUT2D eigenvalue weighted by molar-refractivity contribution is 6.17. The molecule has 0 aliphatic carbocycles. The zero-order valence-electron chi connectivity index (χ0n) is 32.5. The van der Waals surface area contributed by atoms with E-state index in [0.717, 1.165) is 57.6 Å². The van der Waals surface area contributed by atoms with Gasteiger partial charge in [0, 0.05) is 45.5 Å². The lowest BCUT2D eigenvalue weighted by Gasteiger charge is -2.20. The van der Waals surface area contributed by atoms with Gasteiger partial charge in [0.25, 0.3) is 0 Å². The molecule has 2 unspecified atom stereocenters. The largest absolute Gasteiger partial charge is 0.504 e. The molecule has 2 heterocycles. The van der Waals surface area contributed by atoms with Crippen molar-refractivity contribution in [2.24, 2.45) is 20.4 Å². The molecule has 2 atom stereocenters. The second-order valence-corrected chi connectivity index (χ2v) is 12.7. The Morgan fingerprint density at radius 2 is 0.796 bits per heavy atom. The molecule has 4 aromatic rings. The molecule has 0 radical (unpaired) electrons. The Bertz CT molecular complexity index is 1990. The number of hydrogen-bond donors (Lipinski definition) is 2. The van der Waals surface area contributed by atoms with E-state index in [4.69, 9.17) is 28.4 Å². The molecule has 0 saturated carbocycles. The van der Waals surface area contributed by atoms with Crippen LogP contribution in [-0.2, 0) is 0 Å². The van der Waals surface area contributed by atoms with Crippen molar-refractivity contribution in [2.75, 3.05) is 42.7 Å². The Morgan fingerprint density at radius 3 is 1.09 bits per heavy atom. The summed E-state index contributed by atoms with van der Waals surface area (Å²) in [6.07, 6.45) is 1.77. The van der Waals surface area contributed by atoms with Crippen molar-refractivity contribution in [3.63, 3.8) is 0 Å². The molecule has 0 spiro atoms. The van der Waals surface area contributed by atoms with Crippen molar-refractivity contribution in [1.29, 1.82) is 0 Å². The molecule has 0 saturated heterocycles. The predicted molar refractivity (Wildman–Crippen MR) is 212 cm³/mol. The fourth-order valence-corrected chi connectivity index (χ4v) is 6.86. The standard InChI is InChI=1S/2C21H24N2O4/c2*1-6-14-12(2)22-23-21(13-7-8-18(25-3)17(24)9-13)16-11-20(27-5)19(26-4)10-15(14)16/h2*7-11,14,24H,6H2,1-5H3. The Labute approximate surface area is 316 Å². The number of aromatic hydroxyl groups is 2. The third kappa shape index (κ3) is 7.68. The summed E-state index contributed by atoms with van der Waals surface area (Å²) in [5.74, 6) is 3.74. The monoisotopic (exact) mass is 736 g/mol. The lowest BCUT2D eigenvalue weighted by atomic mass is 9.85. The topological polar surface area (TPSA) is 145 Å². The Kier molecular flexibility index (Phi) is 12.5.